The summed E-state index contributed by atoms with van der Waals surface area (Å²) in [4.78, 5) is 11.8. The van der Waals surface area contributed by atoms with E-state index in [1.165, 1.54) is 10.5 Å². The van der Waals surface area contributed by atoms with Gasteiger partial charge in [-0.15, -0.1) is 11.8 Å². The van der Waals surface area contributed by atoms with Gasteiger partial charge in [-0.2, -0.15) is 0 Å². The van der Waals surface area contributed by atoms with E-state index >= 15 is 0 Å². The Morgan fingerprint density at radius 3 is 3.06 bits per heavy atom. The summed E-state index contributed by atoms with van der Waals surface area (Å²) in [7, 11) is 0. The molecule has 1 unspecified atom stereocenters. The Morgan fingerprint density at radius 2 is 2.25 bits per heavy atom. The molecule has 1 aromatic carbocycles. The minimum atomic E-state index is -0.469. The van der Waals surface area contributed by atoms with Crippen molar-refractivity contribution in [1.82, 2.24) is 10.6 Å². The van der Waals surface area contributed by atoms with Gasteiger partial charge in [0.1, 0.15) is 0 Å². The first kappa shape index (κ1) is 11.3. The average Bonchev–Trinajstić information content (AvgIpc) is 2.68. The van der Waals surface area contributed by atoms with Crippen molar-refractivity contribution in [3.8, 4) is 0 Å². The fourth-order valence-electron chi connectivity index (χ4n) is 1.76. The van der Waals surface area contributed by atoms with Crippen LogP contribution in [-0.2, 0) is 0 Å². The third-order valence-electron chi connectivity index (χ3n) is 2.51. The maximum Gasteiger partial charge on any atom is 0.312 e. The van der Waals surface area contributed by atoms with Crippen molar-refractivity contribution in [3.05, 3.63) is 29.8 Å². The van der Waals surface area contributed by atoms with Gasteiger partial charge in [0.2, 0.25) is 0 Å². The zero-order valence-electron chi connectivity index (χ0n) is 8.90. The number of fused-ring (bicyclic) bond motifs is 1. The first-order chi connectivity index (χ1) is 7.77. The van der Waals surface area contributed by atoms with Crippen LogP contribution < -0.4 is 16.4 Å². The van der Waals surface area contributed by atoms with Crippen LogP contribution >= 0.6 is 11.8 Å². The molecule has 0 saturated heterocycles. The number of nitrogens with two attached hydrogens (primary N) is 1. The second-order valence-electron chi connectivity index (χ2n) is 3.65. The van der Waals surface area contributed by atoms with E-state index in [0.29, 0.717) is 12.6 Å². The third kappa shape index (κ3) is 2.68. The summed E-state index contributed by atoms with van der Waals surface area (Å²) in [5, 5.41) is 5.97. The van der Waals surface area contributed by atoms with E-state index in [9.17, 15) is 4.79 Å². The van der Waals surface area contributed by atoms with Crippen LogP contribution in [0.15, 0.2) is 29.2 Å². The quantitative estimate of drug-likeness (QED) is 0.687. The number of carbonyl (C=O) groups excluding carboxylic acids is 1. The van der Waals surface area contributed by atoms with Gasteiger partial charge in [0.25, 0.3) is 0 Å². The summed E-state index contributed by atoms with van der Waals surface area (Å²) in [6.07, 6.45) is 0. The van der Waals surface area contributed by atoms with E-state index < -0.39 is 6.03 Å². The molecule has 0 bridgehead atoms. The third-order valence-corrected chi connectivity index (χ3v) is 3.70. The summed E-state index contributed by atoms with van der Waals surface area (Å²) >= 11 is 1.87. The smallest absolute Gasteiger partial charge is 0.312 e. The van der Waals surface area contributed by atoms with Gasteiger partial charge < -0.3 is 16.4 Å². The first-order valence-corrected chi connectivity index (χ1v) is 6.24. The van der Waals surface area contributed by atoms with E-state index in [-0.39, 0.29) is 0 Å². The zero-order chi connectivity index (χ0) is 11.4. The van der Waals surface area contributed by atoms with Gasteiger partial charge in [-0.05, 0) is 11.6 Å². The van der Waals surface area contributed by atoms with E-state index in [1.54, 1.807) is 0 Å². The molecule has 1 aliphatic heterocycles. The highest BCUT2D eigenvalue weighted by atomic mass is 32.2. The van der Waals surface area contributed by atoms with E-state index in [2.05, 4.69) is 34.9 Å². The topological polar surface area (TPSA) is 67.2 Å². The van der Waals surface area contributed by atoms with Crippen LogP contribution in [0.2, 0.25) is 0 Å². The lowest BCUT2D eigenvalue weighted by atomic mass is 10.1. The number of primary amides is 1. The van der Waals surface area contributed by atoms with Gasteiger partial charge in [0, 0.05) is 29.8 Å². The molecule has 4 nitrogen and oxygen atoms in total. The number of carbonyl (C=O) groups is 1. The molecule has 86 valence electrons. The monoisotopic (exact) mass is 237 g/mol. The number of hydrogen-bond acceptors (Lipinski definition) is 3. The van der Waals surface area contributed by atoms with Gasteiger partial charge in [0.05, 0.1) is 0 Å². The molecule has 0 spiro atoms. The molecule has 0 aromatic heterocycles. The first-order valence-electron chi connectivity index (χ1n) is 5.26. The highest BCUT2D eigenvalue weighted by Gasteiger charge is 2.21. The summed E-state index contributed by atoms with van der Waals surface area (Å²) in [6.45, 7) is 1.31. The molecule has 1 aromatic rings. The molecule has 16 heavy (non-hydrogen) atoms. The summed E-state index contributed by atoms with van der Waals surface area (Å²) in [5.74, 6) is 1.05. The van der Waals surface area contributed by atoms with Crippen LogP contribution in [0.5, 0.6) is 0 Å². The number of hydrogen-bond donors (Lipinski definition) is 3. The molecule has 1 aliphatic rings. The van der Waals surface area contributed by atoms with Crippen molar-refractivity contribution in [3.63, 3.8) is 0 Å². The molecule has 2 rings (SSSR count). The predicted octanol–water partition coefficient (Wildman–Crippen LogP) is 1.09. The lowest BCUT2D eigenvalue weighted by Gasteiger charge is -2.12. The predicted molar refractivity (Wildman–Crippen MR) is 65.5 cm³/mol. The van der Waals surface area contributed by atoms with Crippen LogP contribution in [-0.4, -0.2) is 24.9 Å². The van der Waals surface area contributed by atoms with Gasteiger partial charge in [-0.3, -0.25) is 0 Å². The van der Waals surface area contributed by atoms with Crippen LogP contribution in [0.25, 0.3) is 0 Å². The molecule has 2 amide bonds. The van der Waals surface area contributed by atoms with Gasteiger partial charge >= 0.3 is 6.03 Å². The van der Waals surface area contributed by atoms with E-state index in [4.69, 9.17) is 5.73 Å². The van der Waals surface area contributed by atoms with Gasteiger partial charge in [-0.25, -0.2) is 4.79 Å². The molecule has 0 aliphatic carbocycles. The van der Waals surface area contributed by atoms with E-state index in [1.807, 2.05) is 11.8 Å². The van der Waals surface area contributed by atoms with Crippen molar-refractivity contribution < 1.29 is 4.79 Å². The van der Waals surface area contributed by atoms with Crippen LogP contribution in [0.3, 0.4) is 0 Å². The maximum absolute atomic E-state index is 10.5. The van der Waals surface area contributed by atoms with Crippen LogP contribution in [0.4, 0.5) is 4.79 Å². The molecule has 0 radical (unpaired) electrons. The lowest BCUT2D eigenvalue weighted by Crippen LogP contribution is -2.36. The SMILES string of the molecule is NC(=O)NCCNC1CSc2ccccc21. The number of thioether (sulfide) groups is 1. The summed E-state index contributed by atoms with van der Waals surface area (Å²) in [5.41, 5.74) is 6.33. The largest absolute Gasteiger partial charge is 0.352 e. The van der Waals surface area contributed by atoms with Crippen LogP contribution in [0, 0.1) is 0 Å². The molecule has 1 atom stereocenters. The fraction of sp³-hybridized carbons (Fsp3) is 0.364. The molecular weight excluding hydrogens is 222 g/mol. The zero-order valence-corrected chi connectivity index (χ0v) is 9.72. The van der Waals surface area contributed by atoms with Crippen molar-refractivity contribution in [2.75, 3.05) is 18.8 Å². The Kier molecular flexibility index (Phi) is 3.69. The van der Waals surface area contributed by atoms with Crippen molar-refractivity contribution in [1.29, 1.82) is 0 Å². The average molecular weight is 237 g/mol. The minimum absolute atomic E-state index is 0.385. The van der Waals surface area contributed by atoms with Gasteiger partial charge in [-0.1, -0.05) is 18.2 Å². The molecule has 1 heterocycles. The van der Waals surface area contributed by atoms with Crippen molar-refractivity contribution >= 4 is 17.8 Å². The number of urea groups is 1. The second-order valence-corrected chi connectivity index (χ2v) is 4.71. The highest BCUT2D eigenvalue weighted by Crippen LogP contribution is 2.37. The molecular formula is C11H15N3OS. The summed E-state index contributed by atoms with van der Waals surface area (Å²) < 4.78 is 0. The summed E-state index contributed by atoms with van der Waals surface area (Å²) in [6, 6.07) is 8.32. The number of amides is 2. The fourth-order valence-corrected chi connectivity index (χ4v) is 2.96. The van der Waals surface area contributed by atoms with Crippen LogP contribution in [0.1, 0.15) is 11.6 Å². The standard InChI is InChI=1S/C11H15N3OS/c12-11(15)14-6-5-13-9-7-16-10-4-2-1-3-8(9)10/h1-4,9,13H,5-7H2,(H3,12,14,15). The Labute approximate surface area is 99.0 Å². The second kappa shape index (κ2) is 5.23. The van der Waals surface area contributed by atoms with Crippen molar-refractivity contribution in [2.45, 2.75) is 10.9 Å². The minimum Gasteiger partial charge on any atom is -0.352 e. The van der Waals surface area contributed by atoms with Crippen molar-refractivity contribution in [2.24, 2.45) is 5.73 Å². The molecule has 0 fully saturated rings. The maximum atomic E-state index is 10.5. The number of benzene rings is 1. The molecule has 4 N–H and O–H groups in total. The Morgan fingerprint density at radius 1 is 1.44 bits per heavy atom. The highest BCUT2D eigenvalue weighted by molar-refractivity contribution is 7.99. The molecule has 5 heteroatoms. The molecule has 0 saturated carbocycles. The van der Waals surface area contributed by atoms with Gasteiger partial charge in [0.15, 0.2) is 0 Å². The normalized spacial score (nSPS) is 18.1. The van der Waals surface area contributed by atoms with E-state index in [0.717, 1.165) is 12.3 Å². The number of nitrogens with one attached hydrogen (secondary N) is 2. The Hall–Kier alpha value is -1.20. The lowest BCUT2D eigenvalue weighted by molar-refractivity contribution is 0.249. The Balaban J connectivity index is 1.82. The number of rotatable bonds is 4. The Bertz CT molecular complexity index is 383.